The van der Waals surface area contributed by atoms with Gasteiger partial charge in [0.1, 0.15) is 10.7 Å². The van der Waals surface area contributed by atoms with E-state index >= 15 is 0 Å². The lowest BCUT2D eigenvalue weighted by Gasteiger charge is -2.16. The van der Waals surface area contributed by atoms with E-state index in [2.05, 4.69) is 10.6 Å². The highest BCUT2D eigenvalue weighted by Gasteiger charge is 2.39. The van der Waals surface area contributed by atoms with Gasteiger partial charge in [0.05, 0.1) is 27.9 Å². The minimum atomic E-state index is -0.760. The average Bonchev–Trinajstić information content (AvgIpc) is 3.09. The number of hydrogen-bond acceptors (Lipinski definition) is 6. The molecule has 3 amide bonds. The molecule has 2 N–H and O–H groups in total. The zero-order valence-electron chi connectivity index (χ0n) is 19.2. The maximum absolute atomic E-state index is 13.1. The van der Waals surface area contributed by atoms with E-state index in [1.54, 1.807) is 37.3 Å². The standard InChI is InChI=1S/C26H18Cl3N3O5/c1-2-37-26(36)15-6-4-8-18(12-15)32-24(34)21(29)22(25(32)35)30-16-7-3-5-14(11-16)23(33)31-17-9-10-19(27)20(28)13-17/h3-13,30H,2H2,1H3,(H,31,33). The van der Waals surface area contributed by atoms with Crippen LogP contribution in [0.1, 0.15) is 27.6 Å². The van der Waals surface area contributed by atoms with Gasteiger partial charge in [0.2, 0.25) is 0 Å². The lowest BCUT2D eigenvalue weighted by Crippen LogP contribution is -2.32. The first kappa shape index (κ1) is 26.2. The Balaban J connectivity index is 1.53. The zero-order valence-corrected chi connectivity index (χ0v) is 21.4. The van der Waals surface area contributed by atoms with Gasteiger partial charge in [-0.2, -0.15) is 0 Å². The van der Waals surface area contributed by atoms with Crippen LogP contribution in [0.4, 0.5) is 17.1 Å². The molecule has 0 atom stereocenters. The predicted molar refractivity (Wildman–Crippen MR) is 142 cm³/mol. The van der Waals surface area contributed by atoms with E-state index in [1.165, 1.54) is 36.4 Å². The van der Waals surface area contributed by atoms with Gasteiger partial charge in [-0.05, 0) is 61.5 Å². The Morgan fingerprint density at radius 1 is 0.838 bits per heavy atom. The van der Waals surface area contributed by atoms with Crippen molar-refractivity contribution in [1.82, 2.24) is 0 Å². The van der Waals surface area contributed by atoms with E-state index in [1.807, 2.05) is 0 Å². The van der Waals surface area contributed by atoms with Crippen LogP contribution in [-0.4, -0.2) is 30.3 Å². The first-order chi connectivity index (χ1) is 17.7. The predicted octanol–water partition coefficient (Wildman–Crippen LogP) is 5.86. The van der Waals surface area contributed by atoms with E-state index in [9.17, 15) is 19.2 Å². The number of carbonyl (C=O) groups excluding carboxylic acids is 4. The van der Waals surface area contributed by atoms with Gasteiger partial charge in [0, 0.05) is 16.9 Å². The van der Waals surface area contributed by atoms with Crippen LogP contribution in [0.15, 0.2) is 77.5 Å². The Morgan fingerprint density at radius 3 is 2.30 bits per heavy atom. The van der Waals surface area contributed by atoms with Gasteiger partial charge >= 0.3 is 5.97 Å². The molecule has 0 fully saturated rings. The largest absolute Gasteiger partial charge is 0.462 e. The second-order valence-corrected chi connectivity index (χ2v) is 8.89. The van der Waals surface area contributed by atoms with Crippen LogP contribution in [0.5, 0.6) is 0 Å². The van der Waals surface area contributed by atoms with Gasteiger partial charge < -0.3 is 15.4 Å². The van der Waals surface area contributed by atoms with Crippen molar-refractivity contribution in [2.75, 3.05) is 22.1 Å². The highest BCUT2D eigenvalue weighted by atomic mass is 35.5. The fraction of sp³-hybridized carbons (Fsp3) is 0.0769. The summed E-state index contributed by atoms with van der Waals surface area (Å²) in [6.45, 7) is 1.85. The second kappa shape index (κ2) is 11.0. The average molecular weight is 559 g/mol. The van der Waals surface area contributed by atoms with Crippen molar-refractivity contribution in [3.05, 3.63) is 98.6 Å². The number of halogens is 3. The van der Waals surface area contributed by atoms with Crippen LogP contribution in [0.3, 0.4) is 0 Å². The first-order valence-corrected chi connectivity index (χ1v) is 12.0. The second-order valence-electron chi connectivity index (χ2n) is 7.69. The Labute approximate surface area is 226 Å². The molecule has 188 valence electrons. The number of amides is 3. The highest BCUT2D eigenvalue weighted by molar-refractivity contribution is 6.53. The normalized spacial score (nSPS) is 13.1. The first-order valence-electron chi connectivity index (χ1n) is 10.9. The van der Waals surface area contributed by atoms with Crippen molar-refractivity contribution < 1.29 is 23.9 Å². The maximum atomic E-state index is 13.1. The number of esters is 1. The molecule has 0 aromatic heterocycles. The smallest absolute Gasteiger partial charge is 0.338 e. The summed E-state index contributed by atoms with van der Waals surface area (Å²) in [4.78, 5) is 51.6. The topological polar surface area (TPSA) is 105 Å². The van der Waals surface area contributed by atoms with Crippen molar-refractivity contribution in [3.8, 4) is 0 Å². The zero-order chi connectivity index (χ0) is 26.7. The molecule has 8 nitrogen and oxygen atoms in total. The molecule has 11 heteroatoms. The molecule has 0 saturated carbocycles. The number of benzene rings is 3. The quantitative estimate of drug-likeness (QED) is 0.278. The van der Waals surface area contributed by atoms with Crippen molar-refractivity contribution in [3.63, 3.8) is 0 Å². The van der Waals surface area contributed by atoms with Gasteiger partial charge in [0.15, 0.2) is 0 Å². The van der Waals surface area contributed by atoms with E-state index in [0.717, 1.165) is 4.90 Å². The number of ether oxygens (including phenoxy) is 1. The summed E-state index contributed by atoms with van der Waals surface area (Å²) in [5.41, 5.74) is 1.22. The lowest BCUT2D eigenvalue weighted by atomic mass is 10.1. The number of nitrogens with zero attached hydrogens (tertiary/aromatic N) is 1. The monoisotopic (exact) mass is 557 g/mol. The van der Waals surface area contributed by atoms with Gasteiger partial charge in [-0.1, -0.05) is 46.9 Å². The molecule has 3 aromatic carbocycles. The number of imide groups is 1. The summed E-state index contributed by atoms with van der Waals surface area (Å²) in [5, 5.41) is 5.85. The number of nitrogens with one attached hydrogen (secondary N) is 2. The summed E-state index contributed by atoms with van der Waals surface area (Å²) in [5.74, 6) is -2.50. The minimum Gasteiger partial charge on any atom is -0.462 e. The van der Waals surface area contributed by atoms with Crippen LogP contribution >= 0.6 is 34.8 Å². The molecule has 1 aliphatic heterocycles. The van der Waals surface area contributed by atoms with Gasteiger partial charge in [-0.3, -0.25) is 14.4 Å². The molecule has 4 rings (SSSR count). The van der Waals surface area contributed by atoms with Crippen LogP contribution in [0.2, 0.25) is 10.0 Å². The molecular weight excluding hydrogens is 541 g/mol. The Kier molecular flexibility index (Phi) is 7.83. The van der Waals surface area contributed by atoms with E-state index in [-0.39, 0.29) is 34.2 Å². The maximum Gasteiger partial charge on any atom is 0.338 e. The molecule has 0 unspecified atom stereocenters. The molecule has 3 aromatic rings. The van der Waals surface area contributed by atoms with E-state index < -0.39 is 23.7 Å². The minimum absolute atomic E-state index is 0.158. The fourth-order valence-electron chi connectivity index (χ4n) is 3.49. The lowest BCUT2D eigenvalue weighted by molar-refractivity contribution is -0.120. The van der Waals surface area contributed by atoms with Gasteiger partial charge in [0.25, 0.3) is 17.7 Å². The molecule has 1 aliphatic rings. The highest BCUT2D eigenvalue weighted by Crippen LogP contribution is 2.31. The van der Waals surface area contributed by atoms with Crippen LogP contribution in [-0.2, 0) is 14.3 Å². The Bertz CT molecular complexity index is 1470. The third-order valence-electron chi connectivity index (χ3n) is 5.21. The number of rotatable bonds is 7. The van der Waals surface area contributed by atoms with Crippen LogP contribution < -0.4 is 15.5 Å². The van der Waals surface area contributed by atoms with E-state index in [4.69, 9.17) is 39.5 Å². The molecule has 1 heterocycles. The van der Waals surface area contributed by atoms with Crippen molar-refractivity contribution in [2.24, 2.45) is 0 Å². The van der Waals surface area contributed by atoms with Crippen LogP contribution in [0, 0.1) is 0 Å². The molecule has 0 bridgehead atoms. The third-order valence-corrected chi connectivity index (χ3v) is 6.30. The molecule has 37 heavy (non-hydrogen) atoms. The number of anilines is 3. The van der Waals surface area contributed by atoms with E-state index in [0.29, 0.717) is 21.4 Å². The Morgan fingerprint density at radius 2 is 1.57 bits per heavy atom. The molecule has 0 aliphatic carbocycles. The SMILES string of the molecule is CCOC(=O)c1cccc(N2C(=O)C(Cl)=C(Nc3cccc(C(=O)Nc4ccc(Cl)c(Cl)c4)c3)C2=O)c1. The van der Waals surface area contributed by atoms with Crippen molar-refractivity contribution in [2.45, 2.75) is 6.92 Å². The third kappa shape index (κ3) is 5.61. The van der Waals surface area contributed by atoms with Crippen molar-refractivity contribution in [1.29, 1.82) is 0 Å². The summed E-state index contributed by atoms with van der Waals surface area (Å²) in [7, 11) is 0. The van der Waals surface area contributed by atoms with Crippen molar-refractivity contribution >= 4 is 75.6 Å². The summed E-state index contributed by atoms with van der Waals surface area (Å²) < 4.78 is 4.98. The van der Waals surface area contributed by atoms with Gasteiger partial charge in [-0.15, -0.1) is 0 Å². The molecule has 0 saturated heterocycles. The van der Waals surface area contributed by atoms with Crippen LogP contribution in [0.25, 0.3) is 0 Å². The molecule has 0 spiro atoms. The molecule has 0 radical (unpaired) electrons. The number of hydrogen-bond donors (Lipinski definition) is 2. The summed E-state index contributed by atoms with van der Waals surface area (Å²) >= 11 is 18.1. The molecular formula is C26H18Cl3N3O5. The Hall–Kier alpha value is -3.85. The fourth-order valence-corrected chi connectivity index (χ4v) is 4.00. The summed E-state index contributed by atoms with van der Waals surface area (Å²) in [6, 6.07) is 16.9. The van der Waals surface area contributed by atoms with Gasteiger partial charge in [-0.25, -0.2) is 9.69 Å². The summed E-state index contributed by atoms with van der Waals surface area (Å²) in [6.07, 6.45) is 0. The number of carbonyl (C=O) groups is 4.